The SMILES string of the molecule is O=C(COC(=O)c1c2c(nc3ccccc13)/C(=C/c1ccc(O)cc1)CCC2)Nc1cccc(I)c1. The molecule has 0 unspecified atom stereocenters. The lowest BCUT2D eigenvalue weighted by Crippen LogP contribution is -2.22. The number of halogens is 1. The van der Waals surface area contributed by atoms with Crippen molar-refractivity contribution >= 4 is 62.7 Å². The topological polar surface area (TPSA) is 88.5 Å². The predicted octanol–water partition coefficient (Wildman–Crippen LogP) is 6.22. The number of pyridine rings is 1. The molecule has 5 rings (SSSR count). The molecular formula is C29H23IN2O4. The van der Waals surface area contributed by atoms with Crippen LogP contribution in [0.15, 0.2) is 72.8 Å². The number of phenols is 1. The van der Waals surface area contributed by atoms with Crippen molar-refractivity contribution in [3.05, 3.63) is 98.8 Å². The molecule has 0 aliphatic heterocycles. The van der Waals surface area contributed by atoms with Gasteiger partial charge in [-0.25, -0.2) is 9.78 Å². The number of carbonyl (C=O) groups is 2. The Balaban J connectivity index is 1.46. The Morgan fingerprint density at radius 2 is 1.83 bits per heavy atom. The van der Waals surface area contributed by atoms with Crippen LogP contribution in [-0.4, -0.2) is 28.6 Å². The van der Waals surface area contributed by atoms with Gasteiger partial charge in [0.1, 0.15) is 5.75 Å². The molecule has 1 aliphatic carbocycles. The molecule has 180 valence electrons. The molecule has 1 aromatic heterocycles. The summed E-state index contributed by atoms with van der Waals surface area (Å²) in [5.74, 6) is -0.722. The second-order valence-electron chi connectivity index (χ2n) is 8.58. The summed E-state index contributed by atoms with van der Waals surface area (Å²) in [7, 11) is 0. The summed E-state index contributed by atoms with van der Waals surface area (Å²) in [6.07, 6.45) is 4.43. The maximum atomic E-state index is 13.4. The minimum atomic E-state index is -0.534. The van der Waals surface area contributed by atoms with Gasteiger partial charge in [0.05, 0.1) is 16.8 Å². The number of fused-ring (bicyclic) bond motifs is 2. The van der Waals surface area contributed by atoms with Crippen LogP contribution in [0.4, 0.5) is 5.69 Å². The minimum absolute atomic E-state index is 0.210. The summed E-state index contributed by atoms with van der Waals surface area (Å²) in [5.41, 5.74) is 5.41. The van der Waals surface area contributed by atoms with Crippen molar-refractivity contribution in [1.82, 2.24) is 4.98 Å². The number of ether oxygens (including phenoxy) is 1. The minimum Gasteiger partial charge on any atom is -0.508 e. The van der Waals surface area contributed by atoms with E-state index in [1.807, 2.05) is 60.7 Å². The van der Waals surface area contributed by atoms with Crippen LogP contribution in [0.3, 0.4) is 0 Å². The van der Waals surface area contributed by atoms with Gasteiger partial charge in [0.15, 0.2) is 6.61 Å². The van der Waals surface area contributed by atoms with E-state index in [0.717, 1.165) is 38.8 Å². The first kappa shape index (κ1) is 24.0. The Labute approximate surface area is 222 Å². The highest BCUT2D eigenvalue weighted by molar-refractivity contribution is 14.1. The van der Waals surface area contributed by atoms with Crippen molar-refractivity contribution in [3.63, 3.8) is 0 Å². The van der Waals surface area contributed by atoms with Crippen molar-refractivity contribution in [2.45, 2.75) is 19.3 Å². The molecule has 2 N–H and O–H groups in total. The molecule has 6 nitrogen and oxygen atoms in total. The second kappa shape index (κ2) is 10.5. The van der Waals surface area contributed by atoms with Gasteiger partial charge in [-0.1, -0.05) is 36.4 Å². The molecule has 3 aromatic carbocycles. The van der Waals surface area contributed by atoms with Crippen LogP contribution in [0.25, 0.3) is 22.6 Å². The van der Waals surface area contributed by atoms with Gasteiger partial charge in [0, 0.05) is 14.6 Å². The fourth-order valence-corrected chi connectivity index (χ4v) is 4.99. The number of esters is 1. The Bertz CT molecular complexity index is 1500. The van der Waals surface area contributed by atoms with Gasteiger partial charge in [-0.15, -0.1) is 0 Å². The Hall–Kier alpha value is -3.72. The third-order valence-electron chi connectivity index (χ3n) is 6.05. The number of aromatic nitrogens is 1. The lowest BCUT2D eigenvalue weighted by atomic mass is 9.86. The molecule has 1 heterocycles. The molecule has 0 bridgehead atoms. The van der Waals surface area contributed by atoms with Gasteiger partial charge >= 0.3 is 5.97 Å². The first-order valence-corrected chi connectivity index (χ1v) is 12.7. The lowest BCUT2D eigenvalue weighted by Gasteiger charge is -2.22. The van der Waals surface area contributed by atoms with Crippen molar-refractivity contribution < 1.29 is 19.4 Å². The normalized spacial score (nSPS) is 13.9. The molecule has 0 spiro atoms. The average molecular weight is 590 g/mol. The van der Waals surface area contributed by atoms with E-state index in [9.17, 15) is 14.7 Å². The number of benzene rings is 3. The van der Waals surface area contributed by atoms with E-state index in [-0.39, 0.29) is 12.4 Å². The van der Waals surface area contributed by atoms with E-state index >= 15 is 0 Å². The van der Waals surface area contributed by atoms with Gasteiger partial charge in [0.25, 0.3) is 5.91 Å². The number of nitrogens with one attached hydrogen (secondary N) is 1. The number of nitrogens with zero attached hydrogens (tertiary/aromatic N) is 1. The largest absolute Gasteiger partial charge is 0.508 e. The summed E-state index contributed by atoms with van der Waals surface area (Å²) < 4.78 is 6.50. The van der Waals surface area contributed by atoms with Crippen LogP contribution in [-0.2, 0) is 16.0 Å². The predicted molar refractivity (Wildman–Crippen MR) is 149 cm³/mol. The fourth-order valence-electron chi connectivity index (χ4n) is 4.45. The highest BCUT2D eigenvalue weighted by Crippen LogP contribution is 2.36. The zero-order valence-corrected chi connectivity index (χ0v) is 21.5. The van der Waals surface area contributed by atoms with Gasteiger partial charge < -0.3 is 15.2 Å². The summed E-state index contributed by atoms with van der Waals surface area (Å²) in [5, 5.41) is 13.1. The van der Waals surface area contributed by atoms with E-state index in [2.05, 4.69) is 27.9 Å². The summed E-state index contributed by atoms with van der Waals surface area (Å²) >= 11 is 2.17. The smallest absolute Gasteiger partial charge is 0.339 e. The molecule has 1 aliphatic rings. The standard InChI is InChI=1S/C29H23IN2O4/c30-20-6-4-7-21(16-20)31-26(34)17-36-29(35)27-23-8-1-2-10-25(23)32-28-19(5-3-9-24(27)28)15-18-11-13-22(33)14-12-18/h1-2,4,6-8,10-16,33H,3,5,9,17H2,(H,31,34)/b19-15+. The number of rotatable bonds is 5. The third-order valence-corrected chi connectivity index (χ3v) is 6.72. The number of para-hydroxylation sites is 1. The third kappa shape index (κ3) is 5.26. The van der Waals surface area contributed by atoms with Crippen molar-refractivity contribution in [3.8, 4) is 5.75 Å². The molecule has 0 saturated heterocycles. The first-order valence-electron chi connectivity index (χ1n) is 11.6. The van der Waals surface area contributed by atoms with Crippen LogP contribution in [0.5, 0.6) is 5.75 Å². The van der Waals surface area contributed by atoms with E-state index in [4.69, 9.17) is 9.72 Å². The fraction of sp³-hybridized carbons (Fsp3) is 0.138. The number of hydrogen-bond acceptors (Lipinski definition) is 5. The molecule has 7 heteroatoms. The molecule has 0 fully saturated rings. The lowest BCUT2D eigenvalue weighted by molar-refractivity contribution is -0.119. The van der Waals surface area contributed by atoms with Crippen LogP contribution in [0.1, 0.15) is 40.0 Å². The maximum absolute atomic E-state index is 13.4. The molecule has 0 saturated carbocycles. The number of aromatic hydroxyl groups is 1. The number of carbonyl (C=O) groups excluding carboxylic acids is 2. The van der Waals surface area contributed by atoms with Gasteiger partial charge in [0.2, 0.25) is 0 Å². The van der Waals surface area contributed by atoms with Gasteiger partial charge in [-0.05, 0) is 101 Å². The highest BCUT2D eigenvalue weighted by Gasteiger charge is 2.26. The summed E-state index contributed by atoms with van der Waals surface area (Å²) in [6.45, 7) is -0.383. The monoisotopic (exact) mass is 590 g/mol. The Kier molecular flexibility index (Phi) is 6.99. The first-order chi connectivity index (χ1) is 17.5. The van der Waals surface area contributed by atoms with Gasteiger partial charge in [-0.2, -0.15) is 0 Å². The highest BCUT2D eigenvalue weighted by atomic mass is 127. The second-order valence-corrected chi connectivity index (χ2v) is 9.83. The molecule has 36 heavy (non-hydrogen) atoms. The zero-order valence-electron chi connectivity index (χ0n) is 19.3. The van der Waals surface area contributed by atoms with Crippen LogP contribution in [0.2, 0.25) is 0 Å². The Morgan fingerprint density at radius 3 is 2.64 bits per heavy atom. The number of anilines is 1. The summed E-state index contributed by atoms with van der Waals surface area (Å²) in [6, 6.07) is 21.9. The average Bonchev–Trinajstić information content (AvgIpc) is 2.87. The van der Waals surface area contributed by atoms with Gasteiger partial charge in [-0.3, -0.25) is 4.79 Å². The number of amides is 1. The molecule has 1 amide bonds. The van der Waals surface area contributed by atoms with Crippen molar-refractivity contribution in [2.75, 3.05) is 11.9 Å². The van der Waals surface area contributed by atoms with E-state index < -0.39 is 11.9 Å². The van der Waals surface area contributed by atoms with Crippen molar-refractivity contribution in [2.24, 2.45) is 0 Å². The number of allylic oxidation sites excluding steroid dienone is 1. The van der Waals surface area contributed by atoms with Crippen molar-refractivity contribution in [1.29, 1.82) is 0 Å². The number of phenolic OH excluding ortho intramolecular Hbond substituents is 1. The quantitative estimate of drug-likeness (QED) is 0.213. The van der Waals surface area contributed by atoms with Crippen LogP contribution >= 0.6 is 22.6 Å². The Morgan fingerprint density at radius 1 is 1.03 bits per heavy atom. The molecule has 0 atom stereocenters. The summed E-state index contributed by atoms with van der Waals surface area (Å²) in [4.78, 5) is 30.7. The number of hydrogen-bond donors (Lipinski definition) is 2. The zero-order chi connectivity index (χ0) is 25.1. The van der Waals surface area contributed by atoms with E-state index in [1.54, 1.807) is 18.2 Å². The van der Waals surface area contributed by atoms with Crippen LogP contribution < -0.4 is 5.32 Å². The van der Waals surface area contributed by atoms with Crippen LogP contribution in [0, 0.1) is 3.57 Å². The van der Waals surface area contributed by atoms with E-state index in [1.165, 1.54) is 0 Å². The molecule has 0 radical (unpaired) electrons. The van der Waals surface area contributed by atoms with E-state index in [0.29, 0.717) is 28.6 Å². The maximum Gasteiger partial charge on any atom is 0.339 e. The molecular weight excluding hydrogens is 567 g/mol. The molecule has 4 aromatic rings.